The number of hydrogen-bond acceptors (Lipinski definition) is 4. The molecule has 2 amide bonds. The number of H-pyrrole nitrogens is 1. The second-order valence-corrected chi connectivity index (χ2v) is 5.40. The molecule has 0 aliphatic heterocycles. The third kappa shape index (κ3) is 5.95. The third-order valence-corrected chi connectivity index (χ3v) is 2.96. The molecule has 1 aromatic heterocycles. The third-order valence-electron chi connectivity index (χ3n) is 2.96. The van der Waals surface area contributed by atoms with E-state index in [2.05, 4.69) is 15.3 Å². The molecule has 1 atom stereocenters. The lowest BCUT2D eigenvalue weighted by atomic mass is 10.0. The molecule has 1 heterocycles. The Morgan fingerprint density at radius 2 is 2.19 bits per heavy atom. The summed E-state index contributed by atoms with van der Waals surface area (Å²) < 4.78 is 0. The van der Waals surface area contributed by atoms with Crippen LogP contribution in [-0.2, 0) is 16.1 Å². The van der Waals surface area contributed by atoms with E-state index in [1.165, 1.54) is 11.8 Å². The highest BCUT2D eigenvalue weighted by Crippen LogP contribution is 2.10. The van der Waals surface area contributed by atoms with Gasteiger partial charge in [-0.15, -0.1) is 0 Å². The van der Waals surface area contributed by atoms with E-state index in [-0.39, 0.29) is 37.4 Å². The normalized spacial score (nSPS) is 12.2. The van der Waals surface area contributed by atoms with Gasteiger partial charge in [0.1, 0.15) is 11.9 Å². The van der Waals surface area contributed by atoms with Crippen molar-refractivity contribution in [1.82, 2.24) is 20.2 Å². The first kappa shape index (κ1) is 17.2. The fourth-order valence-electron chi connectivity index (χ4n) is 2.11. The summed E-state index contributed by atoms with van der Waals surface area (Å²) in [6.45, 7) is 5.72. The quantitative estimate of drug-likeness (QED) is 0.642. The van der Waals surface area contributed by atoms with Crippen molar-refractivity contribution in [2.75, 3.05) is 13.2 Å². The highest BCUT2D eigenvalue weighted by Gasteiger charge is 2.26. The molecular formula is C14H24N4O3. The molecule has 0 saturated heterocycles. The van der Waals surface area contributed by atoms with Gasteiger partial charge in [0.25, 0.3) is 0 Å². The molecule has 0 radical (unpaired) electrons. The van der Waals surface area contributed by atoms with Crippen LogP contribution in [0.1, 0.15) is 33.0 Å². The Labute approximate surface area is 124 Å². The van der Waals surface area contributed by atoms with Crippen LogP contribution in [0.2, 0.25) is 0 Å². The van der Waals surface area contributed by atoms with E-state index in [0.717, 1.165) is 0 Å². The monoisotopic (exact) mass is 296 g/mol. The molecule has 0 aliphatic carbocycles. The minimum Gasteiger partial charge on any atom is -0.395 e. The van der Waals surface area contributed by atoms with Gasteiger partial charge >= 0.3 is 0 Å². The maximum atomic E-state index is 12.6. The van der Waals surface area contributed by atoms with Crippen molar-refractivity contribution in [2.45, 2.75) is 39.8 Å². The molecule has 1 aromatic rings. The predicted molar refractivity (Wildman–Crippen MR) is 78.2 cm³/mol. The first-order valence-electron chi connectivity index (χ1n) is 7.09. The summed E-state index contributed by atoms with van der Waals surface area (Å²) in [7, 11) is 0. The average molecular weight is 296 g/mol. The Bertz CT molecular complexity index is 445. The lowest BCUT2D eigenvalue weighted by molar-refractivity contribution is -0.137. The van der Waals surface area contributed by atoms with Gasteiger partial charge in [-0.25, -0.2) is 4.98 Å². The smallest absolute Gasteiger partial charge is 0.245 e. The maximum Gasteiger partial charge on any atom is 0.245 e. The number of nitrogens with zero attached hydrogens (tertiary/aromatic N) is 2. The van der Waals surface area contributed by atoms with Crippen molar-refractivity contribution in [3.05, 3.63) is 18.2 Å². The Balaban J connectivity index is 2.81. The number of rotatable bonds is 8. The van der Waals surface area contributed by atoms with Gasteiger partial charge in [0.2, 0.25) is 11.8 Å². The summed E-state index contributed by atoms with van der Waals surface area (Å²) >= 11 is 0. The summed E-state index contributed by atoms with van der Waals surface area (Å²) in [6.07, 6.45) is 3.84. The average Bonchev–Trinajstić information content (AvgIpc) is 2.88. The highest BCUT2D eigenvalue weighted by molar-refractivity contribution is 5.86. The van der Waals surface area contributed by atoms with Crippen molar-refractivity contribution >= 4 is 11.8 Å². The number of hydrogen-bond donors (Lipinski definition) is 3. The van der Waals surface area contributed by atoms with Gasteiger partial charge in [-0.1, -0.05) is 13.8 Å². The van der Waals surface area contributed by atoms with E-state index >= 15 is 0 Å². The Morgan fingerprint density at radius 1 is 1.48 bits per heavy atom. The Morgan fingerprint density at radius 3 is 2.67 bits per heavy atom. The Hall–Kier alpha value is -1.89. The summed E-state index contributed by atoms with van der Waals surface area (Å²) in [4.78, 5) is 32.4. The van der Waals surface area contributed by atoms with Gasteiger partial charge in [-0.2, -0.15) is 0 Å². The fourth-order valence-corrected chi connectivity index (χ4v) is 2.11. The first-order chi connectivity index (χ1) is 9.93. The fraction of sp³-hybridized carbons (Fsp3) is 0.643. The molecule has 7 heteroatoms. The van der Waals surface area contributed by atoms with Crippen LogP contribution in [-0.4, -0.2) is 51.0 Å². The standard InChI is InChI=1S/C14H24N4O3/c1-10(2)8-12(17-11(3)20)14(21)18(6-7-19)9-13-15-4-5-16-13/h4-5,10,12,19H,6-9H2,1-3H3,(H,15,16)(H,17,20)/t12-/m1/s1. The lowest BCUT2D eigenvalue weighted by Gasteiger charge is -2.27. The number of aromatic nitrogens is 2. The first-order valence-corrected chi connectivity index (χ1v) is 7.09. The second-order valence-electron chi connectivity index (χ2n) is 5.40. The van der Waals surface area contributed by atoms with Crippen molar-refractivity contribution in [3.8, 4) is 0 Å². The van der Waals surface area contributed by atoms with Crippen LogP contribution >= 0.6 is 0 Å². The molecule has 3 N–H and O–H groups in total. The van der Waals surface area contributed by atoms with E-state index < -0.39 is 6.04 Å². The topological polar surface area (TPSA) is 98.3 Å². The van der Waals surface area contributed by atoms with Gasteiger partial charge in [-0.3, -0.25) is 9.59 Å². The van der Waals surface area contributed by atoms with Crippen molar-refractivity contribution in [1.29, 1.82) is 0 Å². The van der Waals surface area contributed by atoms with Crippen LogP contribution in [0.3, 0.4) is 0 Å². The van der Waals surface area contributed by atoms with Gasteiger partial charge in [0.05, 0.1) is 13.2 Å². The largest absolute Gasteiger partial charge is 0.395 e. The number of nitrogens with one attached hydrogen (secondary N) is 2. The molecule has 0 unspecified atom stereocenters. The lowest BCUT2D eigenvalue weighted by Crippen LogP contribution is -2.49. The molecule has 0 aromatic carbocycles. The number of aliphatic hydroxyl groups is 1. The summed E-state index contributed by atoms with van der Waals surface area (Å²) in [5, 5.41) is 11.8. The molecule has 1 rings (SSSR count). The second kappa shape index (κ2) is 8.41. The number of imidazole rings is 1. The zero-order chi connectivity index (χ0) is 15.8. The van der Waals surface area contributed by atoms with Gasteiger partial charge in [0, 0.05) is 25.9 Å². The van der Waals surface area contributed by atoms with E-state index in [1.54, 1.807) is 12.4 Å². The highest BCUT2D eigenvalue weighted by atomic mass is 16.3. The van der Waals surface area contributed by atoms with Crippen LogP contribution in [0.5, 0.6) is 0 Å². The number of carbonyl (C=O) groups excluding carboxylic acids is 2. The number of aliphatic hydroxyl groups excluding tert-OH is 1. The molecular weight excluding hydrogens is 272 g/mol. The van der Waals surface area contributed by atoms with Crippen LogP contribution in [0, 0.1) is 5.92 Å². The number of aromatic amines is 1. The van der Waals surface area contributed by atoms with E-state index in [0.29, 0.717) is 12.2 Å². The van der Waals surface area contributed by atoms with E-state index in [1.807, 2.05) is 13.8 Å². The zero-order valence-corrected chi connectivity index (χ0v) is 12.8. The maximum absolute atomic E-state index is 12.6. The molecule has 0 spiro atoms. The molecule has 0 bridgehead atoms. The molecule has 0 saturated carbocycles. The van der Waals surface area contributed by atoms with Crippen molar-refractivity contribution in [2.24, 2.45) is 5.92 Å². The summed E-state index contributed by atoms with van der Waals surface area (Å²) in [5.41, 5.74) is 0. The van der Waals surface area contributed by atoms with Crippen molar-refractivity contribution in [3.63, 3.8) is 0 Å². The van der Waals surface area contributed by atoms with Crippen LogP contribution in [0.25, 0.3) is 0 Å². The molecule has 21 heavy (non-hydrogen) atoms. The van der Waals surface area contributed by atoms with Crippen LogP contribution in [0.4, 0.5) is 0 Å². The zero-order valence-electron chi connectivity index (χ0n) is 12.8. The van der Waals surface area contributed by atoms with E-state index in [4.69, 9.17) is 5.11 Å². The minimum absolute atomic E-state index is 0.138. The van der Waals surface area contributed by atoms with Gasteiger partial charge in [-0.05, 0) is 12.3 Å². The van der Waals surface area contributed by atoms with Crippen LogP contribution < -0.4 is 5.32 Å². The van der Waals surface area contributed by atoms with Gasteiger partial charge in [0.15, 0.2) is 0 Å². The predicted octanol–water partition coefficient (Wildman–Crippen LogP) is 0.281. The summed E-state index contributed by atoms with van der Waals surface area (Å²) in [5.74, 6) is 0.466. The number of carbonyl (C=O) groups is 2. The number of amides is 2. The SMILES string of the molecule is CC(=O)N[C@H](CC(C)C)C(=O)N(CCO)Cc1ncc[nH]1. The van der Waals surface area contributed by atoms with Crippen LogP contribution in [0.15, 0.2) is 12.4 Å². The van der Waals surface area contributed by atoms with Gasteiger partial charge < -0.3 is 20.3 Å². The molecule has 7 nitrogen and oxygen atoms in total. The van der Waals surface area contributed by atoms with E-state index in [9.17, 15) is 9.59 Å². The molecule has 118 valence electrons. The van der Waals surface area contributed by atoms with Crippen molar-refractivity contribution < 1.29 is 14.7 Å². The summed E-state index contributed by atoms with van der Waals surface area (Å²) in [6, 6.07) is -0.580. The molecule has 0 aliphatic rings. The Kier molecular flexibility index (Phi) is 6.87. The minimum atomic E-state index is -0.580. The molecule has 0 fully saturated rings.